The van der Waals surface area contributed by atoms with Gasteiger partial charge in [0.1, 0.15) is 5.82 Å². The van der Waals surface area contributed by atoms with Gasteiger partial charge < -0.3 is 0 Å². The van der Waals surface area contributed by atoms with Crippen molar-refractivity contribution in [2.45, 2.75) is 5.33 Å². The number of hydrogen-bond donors (Lipinski definition) is 0. The summed E-state index contributed by atoms with van der Waals surface area (Å²) in [7, 11) is 0. The van der Waals surface area contributed by atoms with E-state index in [4.69, 9.17) is 11.6 Å². The van der Waals surface area contributed by atoms with Crippen molar-refractivity contribution in [3.05, 3.63) is 52.9 Å². The third kappa shape index (κ3) is 2.11. The molecule has 0 unspecified atom stereocenters. The summed E-state index contributed by atoms with van der Waals surface area (Å²) in [6, 6.07) is 8.27. The molecule has 16 heavy (non-hydrogen) atoms. The topological polar surface area (TPSA) is 12.9 Å². The zero-order chi connectivity index (χ0) is 11.5. The Bertz CT molecular complexity index is 516. The number of hydrogen-bond acceptors (Lipinski definition) is 1. The van der Waals surface area contributed by atoms with Crippen molar-refractivity contribution in [2.75, 3.05) is 0 Å². The molecule has 0 aliphatic rings. The van der Waals surface area contributed by atoms with Crippen LogP contribution < -0.4 is 0 Å². The van der Waals surface area contributed by atoms with E-state index in [0.717, 1.165) is 5.56 Å². The van der Waals surface area contributed by atoms with Crippen LogP contribution in [-0.4, -0.2) is 4.98 Å². The van der Waals surface area contributed by atoms with Gasteiger partial charge in [0.05, 0.1) is 10.7 Å². The number of pyridine rings is 1. The normalized spacial score (nSPS) is 10.4. The molecule has 1 aromatic carbocycles. The number of halogens is 3. The molecule has 0 saturated carbocycles. The van der Waals surface area contributed by atoms with Gasteiger partial charge in [0.25, 0.3) is 0 Å². The zero-order valence-corrected chi connectivity index (χ0v) is 10.6. The lowest BCUT2D eigenvalue weighted by Gasteiger charge is -2.07. The lowest BCUT2D eigenvalue weighted by molar-refractivity contribution is 0.630. The van der Waals surface area contributed by atoms with Crippen LogP contribution in [0.2, 0.25) is 5.02 Å². The first kappa shape index (κ1) is 11.6. The van der Waals surface area contributed by atoms with Gasteiger partial charge >= 0.3 is 0 Å². The van der Waals surface area contributed by atoms with Gasteiger partial charge in [-0.25, -0.2) is 4.39 Å². The summed E-state index contributed by atoms with van der Waals surface area (Å²) in [6.45, 7) is 0. The number of rotatable bonds is 2. The fourth-order valence-corrected chi connectivity index (χ4v) is 2.34. The molecule has 0 bridgehead atoms. The minimum Gasteiger partial charge on any atom is -0.255 e. The Kier molecular flexibility index (Phi) is 3.56. The first-order valence-corrected chi connectivity index (χ1v) is 6.18. The van der Waals surface area contributed by atoms with Crippen molar-refractivity contribution < 1.29 is 4.39 Å². The zero-order valence-electron chi connectivity index (χ0n) is 8.25. The number of aromatic nitrogens is 1. The summed E-state index contributed by atoms with van der Waals surface area (Å²) in [5.74, 6) is -0.316. The molecule has 4 heteroatoms. The van der Waals surface area contributed by atoms with E-state index in [-0.39, 0.29) is 5.82 Å². The SMILES string of the molecule is Fc1ccccc1-c1nccc(CBr)c1Cl. The van der Waals surface area contributed by atoms with Crippen LogP contribution in [0.5, 0.6) is 0 Å². The molecule has 0 amide bonds. The van der Waals surface area contributed by atoms with Gasteiger partial charge in [0.15, 0.2) is 0 Å². The second-order valence-electron chi connectivity index (χ2n) is 3.25. The molecule has 0 radical (unpaired) electrons. The van der Waals surface area contributed by atoms with E-state index < -0.39 is 0 Å². The standard InChI is InChI=1S/C12H8BrClFN/c13-7-8-5-6-16-12(11(8)14)9-3-1-2-4-10(9)15/h1-6H,7H2. The number of nitrogens with zero attached hydrogens (tertiary/aromatic N) is 1. The smallest absolute Gasteiger partial charge is 0.132 e. The van der Waals surface area contributed by atoms with Gasteiger partial charge in [-0.3, -0.25) is 4.98 Å². The van der Waals surface area contributed by atoms with Crippen molar-refractivity contribution in [3.8, 4) is 11.3 Å². The van der Waals surface area contributed by atoms with Crippen molar-refractivity contribution in [3.63, 3.8) is 0 Å². The van der Waals surface area contributed by atoms with E-state index in [1.54, 1.807) is 30.5 Å². The molecular formula is C12H8BrClFN. The summed E-state index contributed by atoms with van der Waals surface area (Å²) < 4.78 is 13.6. The minimum atomic E-state index is -0.316. The van der Waals surface area contributed by atoms with Gasteiger partial charge in [-0.05, 0) is 23.8 Å². The van der Waals surface area contributed by atoms with E-state index in [2.05, 4.69) is 20.9 Å². The third-order valence-corrected chi connectivity index (χ3v) is 3.27. The molecule has 1 heterocycles. The predicted molar refractivity (Wildman–Crippen MR) is 67.3 cm³/mol. The first-order valence-electron chi connectivity index (χ1n) is 4.68. The quantitative estimate of drug-likeness (QED) is 0.747. The Morgan fingerprint density at radius 3 is 2.69 bits per heavy atom. The summed E-state index contributed by atoms with van der Waals surface area (Å²) >= 11 is 9.48. The van der Waals surface area contributed by atoms with Crippen molar-refractivity contribution >= 4 is 27.5 Å². The largest absolute Gasteiger partial charge is 0.255 e. The van der Waals surface area contributed by atoms with Crippen LogP contribution in [0.1, 0.15) is 5.56 Å². The summed E-state index contributed by atoms with van der Waals surface area (Å²) in [6.07, 6.45) is 1.63. The molecule has 0 fully saturated rings. The second-order valence-corrected chi connectivity index (χ2v) is 4.18. The highest BCUT2D eigenvalue weighted by Crippen LogP contribution is 2.30. The molecule has 0 N–H and O–H groups in total. The van der Waals surface area contributed by atoms with Gasteiger partial charge in [-0.15, -0.1) is 0 Å². The average Bonchev–Trinajstić information content (AvgIpc) is 2.31. The highest BCUT2D eigenvalue weighted by molar-refractivity contribution is 9.08. The average molecular weight is 301 g/mol. The molecule has 0 spiro atoms. The second kappa shape index (κ2) is 4.93. The highest BCUT2D eigenvalue weighted by atomic mass is 79.9. The van der Waals surface area contributed by atoms with E-state index in [1.807, 2.05) is 0 Å². The Morgan fingerprint density at radius 1 is 1.25 bits per heavy atom. The van der Waals surface area contributed by atoms with Crippen LogP contribution in [0.4, 0.5) is 4.39 Å². The van der Waals surface area contributed by atoms with Crippen LogP contribution >= 0.6 is 27.5 Å². The maximum atomic E-state index is 13.6. The molecular weight excluding hydrogens is 292 g/mol. The van der Waals surface area contributed by atoms with Crippen LogP contribution in [0.15, 0.2) is 36.5 Å². The first-order chi connectivity index (χ1) is 7.74. The molecule has 2 rings (SSSR count). The Balaban J connectivity index is 2.61. The van der Waals surface area contributed by atoms with Crippen molar-refractivity contribution in [1.29, 1.82) is 0 Å². The molecule has 82 valence electrons. The molecule has 0 atom stereocenters. The van der Waals surface area contributed by atoms with E-state index in [1.165, 1.54) is 6.07 Å². The summed E-state index contributed by atoms with van der Waals surface area (Å²) in [5, 5.41) is 1.11. The van der Waals surface area contributed by atoms with Gasteiger partial charge in [0, 0.05) is 17.1 Å². The Labute approximate surface area is 106 Å². The van der Waals surface area contributed by atoms with Gasteiger partial charge in [-0.1, -0.05) is 39.7 Å². The summed E-state index contributed by atoms with van der Waals surface area (Å²) in [5.41, 5.74) is 1.81. The highest BCUT2D eigenvalue weighted by Gasteiger charge is 2.12. The lowest BCUT2D eigenvalue weighted by Crippen LogP contribution is -1.91. The molecule has 0 aliphatic heterocycles. The fourth-order valence-electron chi connectivity index (χ4n) is 1.43. The van der Waals surface area contributed by atoms with Crippen LogP contribution in [-0.2, 0) is 5.33 Å². The number of benzene rings is 1. The molecule has 2 aromatic rings. The fraction of sp³-hybridized carbons (Fsp3) is 0.0833. The van der Waals surface area contributed by atoms with Crippen molar-refractivity contribution in [1.82, 2.24) is 4.98 Å². The maximum absolute atomic E-state index is 13.6. The van der Waals surface area contributed by atoms with Gasteiger partial charge in [-0.2, -0.15) is 0 Å². The number of alkyl halides is 1. The van der Waals surface area contributed by atoms with Crippen LogP contribution in [0.3, 0.4) is 0 Å². The van der Waals surface area contributed by atoms with E-state index >= 15 is 0 Å². The van der Waals surface area contributed by atoms with Crippen LogP contribution in [0, 0.1) is 5.82 Å². The van der Waals surface area contributed by atoms with Crippen molar-refractivity contribution in [2.24, 2.45) is 0 Å². The van der Waals surface area contributed by atoms with E-state index in [0.29, 0.717) is 21.6 Å². The maximum Gasteiger partial charge on any atom is 0.132 e. The minimum absolute atomic E-state index is 0.316. The predicted octanol–water partition coefficient (Wildman–Crippen LogP) is 4.44. The molecule has 1 nitrogen and oxygen atoms in total. The molecule has 1 aromatic heterocycles. The third-order valence-electron chi connectivity index (χ3n) is 2.24. The van der Waals surface area contributed by atoms with Crippen LogP contribution in [0.25, 0.3) is 11.3 Å². The van der Waals surface area contributed by atoms with Gasteiger partial charge in [0.2, 0.25) is 0 Å². The monoisotopic (exact) mass is 299 g/mol. The Morgan fingerprint density at radius 2 is 2.00 bits per heavy atom. The van der Waals surface area contributed by atoms with E-state index in [9.17, 15) is 4.39 Å². The molecule has 0 aliphatic carbocycles. The molecule has 0 saturated heterocycles. The Hall–Kier alpha value is -0.930. The lowest BCUT2D eigenvalue weighted by atomic mass is 10.1. The summed E-state index contributed by atoms with van der Waals surface area (Å²) in [4.78, 5) is 4.13.